The van der Waals surface area contributed by atoms with Gasteiger partial charge in [-0.2, -0.15) is 0 Å². The molecule has 0 spiro atoms. The lowest BCUT2D eigenvalue weighted by atomic mass is 9.98. The highest BCUT2D eigenvalue weighted by Gasteiger charge is 2.21. The van der Waals surface area contributed by atoms with E-state index in [4.69, 9.17) is 9.47 Å². The van der Waals surface area contributed by atoms with Crippen LogP contribution in [-0.4, -0.2) is 6.10 Å². The van der Waals surface area contributed by atoms with Gasteiger partial charge in [-0.05, 0) is 40.8 Å². The van der Waals surface area contributed by atoms with Crippen molar-refractivity contribution >= 4 is 15.9 Å². The molecule has 2 aromatic rings. The average Bonchev–Trinajstić information content (AvgIpc) is 3.09. The fourth-order valence-electron chi connectivity index (χ4n) is 3.14. The van der Waals surface area contributed by atoms with Crippen LogP contribution in [0.2, 0.25) is 0 Å². The van der Waals surface area contributed by atoms with Gasteiger partial charge in [0.2, 0.25) is 0 Å². The fourth-order valence-corrected chi connectivity index (χ4v) is 3.71. The van der Waals surface area contributed by atoms with Gasteiger partial charge in [0.25, 0.3) is 0 Å². The van der Waals surface area contributed by atoms with Crippen LogP contribution in [0.4, 0.5) is 0 Å². The molecule has 2 aliphatic heterocycles. The van der Waals surface area contributed by atoms with Crippen LogP contribution >= 0.6 is 15.9 Å². The zero-order valence-electron chi connectivity index (χ0n) is 11.9. The SMILES string of the molecule is CC1Cc2cc(C(Br)c3ccc4c(c3)COC4)ccc2O1. The Labute approximate surface area is 133 Å². The first-order valence-electron chi connectivity index (χ1n) is 7.34. The van der Waals surface area contributed by atoms with Crippen molar-refractivity contribution in [1.29, 1.82) is 0 Å². The van der Waals surface area contributed by atoms with E-state index in [1.807, 2.05) is 0 Å². The molecular weight excluding hydrogens is 328 g/mol. The Hall–Kier alpha value is -1.32. The minimum Gasteiger partial charge on any atom is -0.490 e. The molecule has 0 saturated heterocycles. The van der Waals surface area contributed by atoms with Crippen LogP contribution in [0.25, 0.3) is 0 Å². The lowest BCUT2D eigenvalue weighted by Crippen LogP contribution is -2.05. The molecule has 2 nitrogen and oxygen atoms in total. The number of fused-ring (bicyclic) bond motifs is 2. The van der Waals surface area contributed by atoms with Crippen LogP contribution in [0.3, 0.4) is 0 Å². The van der Waals surface area contributed by atoms with Crippen molar-refractivity contribution in [2.75, 3.05) is 0 Å². The van der Waals surface area contributed by atoms with E-state index in [1.165, 1.54) is 27.8 Å². The van der Waals surface area contributed by atoms with Crippen LogP contribution < -0.4 is 4.74 Å². The van der Waals surface area contributed by atoms with Gasteiger partial charge in [-0.15, -0.1) is 0 Å². The van der Waals surface area contributed by atoms with Crippen molar-refractivity contribution in [2.24, 2.45) is 0 Å². The van der Waals surface area contributed by atoms with Crippen molar-refractivity contribution < 1.29 is 9.47 Å². The maximum atomic E-state index is 5.78. The highest BCUT2D eigenvalue weighted by molar-refractivity contribution is 9.09. The lowest BCUT2D eigenvalue weighted by Gasteiger charge is -2.13. The largest absolute Gasteiger partial charge is 0.490 e. The number of ether oxygens (including phenoxy) is 2. The van der Waals surface area contributed by atoms with E-state index in [-0.39, 0.29) is 4.83 Å². The number of hydrogen-bond acceptors (Lipinski definition) is 2. The summed E-state index contributed by atoms with van der Waals surface area (Å²) in [6, 6.07) is 13.2. The van der Waals surface area contributed by atoms with Gasteiger partial charge in [0.15, 0.2) is 0 Å². The van der Waals surface area contributed by atoms with Crippen molar-refractivity contribution in [1.82, 2.24) is 0 Å². The molecule has 2 atom stereocenters. The van der Waals surface area contributed by atoms with E-state index in [1.54, 1.807) is 0 Å². The van der Waals surface area contributed by atoms with Crippen molar-refractivity contribution in [3.8, 4) is 5.75 Å². The molecular formula is C18H17BrO2. The van der Waals surface area contributed by atoms with Crippen LogP contribution in [0.1, 0.15) is 39.6 Å². The van der Waals surface area contributed by atoms with Crippen LogP contribution in [0, 0.1) is 0 Å². The molecule has 108 valence electrons. The van der Waals surface area contributed by atoms with Crippen molar-refractivity contribution in [2.45, 2.75) is 37.5 Å². The minimum atomic E-state index is 0.213. The summed E-state index contributed by atoms with van der Waals surface area (Å²) in [5.41, 5.74) is 6.51. The summed E-state index contributed by atoms with van der Waals surface area (Å²) < 4.78 is 11.3. The molecule has 3 heteroatoms. The molecule has 0 aromatic heterocycles. The number of alkyl halides is 1. The average molecular weight is 345 g/mol. The molecule has 0 fully saturated rings. The molecule has 2 unspecified atom stereocenters. The molecule has 0 amide bonds. The smallest absolute Gasteiger partial charge is 0.123 e. The number of benzene rings is 2. The summed E-state index contributed by atoms with van der Waals surface area (Å²) >= 11 is 3.84. The van der Waals surface area contributed by atoms with E-state index in [0.29, 0.717) is 6.10 Å². The maximum Gasteiger partial charge on any atom is 0.123 e. The second-order valence-corrected chi connectivity index (χ2v) is 6.80. The first-order valence-corrected chi connectivity index (χ1v) is 8.25. The first kappa shape index (κ1) is 13.4. The highest BCUT2D eigenvalue weighted by Crippen LogP contribution is 2.37. The second-order valence-electron chi connectivity index (χ2n) is 5.88. The molecule has 0 saturated carbocycles. The van der Waals surface area contributed by atoms with Gasteiger partial charge in [0.1, 0.15) is 11.9 Å². The first-order chi connectivity index (χ1) is 10.2. The summed E-state index contributed by atoms with van der Waals surface area (Å²) in [7, 11) is 0. The maximum absolute atomic E-state index is 5.78. The summed E-state index contributed by atoms with van der Waals surface area (Å²) in [6.45, 7) is 3.60. The zero-order valence-corrected chi connectivity index (χ0v) is 13.5. The molecule has 4 rings (SSSR count). The summed E-state index contributed by atoms with van der Waals surface area (Å²) in [4.78, 5) is 0.213. The van der Waals surface area contributed by atoms with E-state index in [0.717, 1.165) is 25.4 Å². The van der Waals surface area contributed by atoms with Crippen LogP contribution in [0.5, 0.6) is 5.75 Å². The van der Waals surface area contributed by atoms with Crippen molar-refractivity contribution in [3.05, 3.63) is 64.2 Å². The third-order valence-corrected chi connectivity index (χ3v) is 5.31. The van der Waals surface area contributed by atoms with Gasteiger partial charge in [0.05, 0.1) is 18.0 Å². The number of rotatable bonds is 2. The Morgan fingerprint density at radius 2 is 1.71 bits per heavy atom. The monoisotopic (exact) mass is 344 g/mol. The Morgan fingerprint density at radius 3 is 2.57 bits per heavy atom. The predicted octanol–water partition coefficient (Wildman–Crippen LogP) is 4.52. The van der Waals surface area contributed by atoms with Gasteiger partial charge in [-0.25, -0.2) is 0 Å². The summed E-state index contributed by atoms with van der Waals surface area (Å²) in [5.74, 6) is 1.04. The Morgan fingerprint density at radius 1 is 1.00 bits per heavy atom. The fraction of sp³-hybridized carbons (Fsp3) is 0.333. The molecule has 0 bridgehead atoms. The van der Waals surface area contributed by atoms with Gasteiger partial charge in [0, 0.05) is 6.42 Å². The van der Waals surface area contributed by atoms with E-state index in [2.05, 4.69) is 59.3 Å². The molecule has 21 heavy (non-hydrogen) atoms. The van der Waals surface area contributed by atoms with E-state index >= 15 is 0 Å². The Balaban J connectivity index is 1.66. The van der Waals surface area contributed by atoms with Gasteiger partial charge < -0.3 is 9.47 Å². The molecule has 2 aliphatic rings. The quantitative estimate of drug-likeness (QED) is 0.745. The standard InChI is InChI=1S/C18H17BrO2/c1-11-6-15-7-13(4-5-17(15)21-11)18(19)12-2-3-14-9-20-10-16(14)8-12/h2-5,7-8,11,18H,6,9-10H2,1H3. The highest BCUT2D eigenvalue weighted by atomic mass is 79.9. The minimum absolute atomic E-state index is 0.213. The zero-order chi connectivity index (χ0) is 14.4. The second kappa shape index (κ2) is 5.15. The van der Waals surface area contributed by atoms with E-state index in [9.17, 15) is 0 Å². The normalized spacial score (nSPS) is 20.8. The van der Waals surface area contributed by atoms with Crippen LogP contribution in [-0.2, 0) is 24.4 Å². The Bertz CT molecular complexity index is 696. The predicted molar refractivity (Wildman–Crippen MR) is 85.9 cm³/mol. The number of halogens is 1. The molecule has 2 aromatic carbocycles. The molecule has 0 aliphatic carbocycles. The topological polar surface area (TPSA) is 18.5 Å². The Kier molecular flexibility index (Phi) is 3.27. The third-order valence-electron chi connectivity index (χ3n) is 4.25. The molecule has 0 N–H and O–H groups in total. The van der Waals surface area contributed by atoms with E-state index < -0.39 is 0 Å². The van der Waals surface area contributed by atoms with Gasteiger partial charge >= 0.3 is 0 Å². The summed E-state index contributed by atoms with van der Waals surface area (Å²) in [6.07, 6.45) is 1.29. The lowest BCUT2D eigenvalue weighted by molar-refractivity contribution is 0.134. The molecule has 0 radical (unpaired) electrons. The molecule has 2 heterocycles. The van der Waals surface area contributed by atoms with Crippen LogP contribution in [0.15, 0.2) is 36.4 Å². The van der Waals surface area contributed by atoms with Gasteiger partial charge in [-0.3, -0.25) is 0 Å². The number of hydrogen-bond donors (Lipinski definition) is 0. The summed E-state index contributed by atoms with van der Waals surface area (Å²) in [5, 5.41) is 0. The third kappa shape index (κ3) is 2.39. The van der Waals surface area contributed by atoms with Crippen molar-refractivity contribution in [3.63, 3.8) is 0 Å². The van der Waals surface area contributed by atoms with Gasteiger partial charge in [-0.1, -0.05) is 46.3 Å².